The number of nitrogens with zero attached hydrogens (tertiary/aromatic N) is 1. The maximum atomic E-state index is 11.9. The molecular weight excluding hydrogens is 284 g/mol. The maximum absolute atomic E-state index is 11.9. The Balaban J connectivity index is 2.14. The van der Waals surface area contributed by atoms with Gasteiger partial charge in [-0.25, -0.2) is 5.43 Å². The standard InChI is InChI=1S/C13H11ClN2O2S/c1-8(12-3-2-6-19-12)15-16-13(18)10-7-9(14)4-5-11(10)17/h2-7,17H,1H3,(H,16,18). The molecule has 1 amide bonds. The molecule has 2 N–H and O–H groups in total. The number of hydrogen-bond acceptors (Lipinski definition) is 4. The van der Waals surface area contributed by atoms with E-state index in [2.05, 4.69) is 10.5 Å². The molecule has 1 heterocycles. The highest BCUT2D eigenvalue weighted by atomic mass is 35.5. The minimum Gasteiger partial charge on any atom is -0.507 e. The van der Waals surface area contributed by atoms with Gasteiger partial charge in [-0.05, 0) is 36.6 Å². The summed E-state index contributed by atoms with van der Waals surface area (Å²) >= 11 is 7.31. The third kappa shape index (κ3) is 3.33. The third-order valence-corrected chi connectivity index (χ3v) is 3.62. The number of halogens is 1. The normalized spacial score (nSPS) is 11.4. The van der Waals surface area contributed by atoms with Crippen molar-refractivity contribution in [1.29, 1.82) is 0 Å². The van der Waals surface area contributed by atoms with E-state index in [0.29, 0.717) is 10.7 Å². The molecule has 1 aromatic carbocycles. The van der Waals surface area contributed by atoms with Gasteiger partial charge in [0.2, 0.25) is 0 Å². The smallest absolute Gasteiger partial charge is 0.275 e. The zero-order valence-electron chi connectivity index (χ0n) is 10.1. The zero-order chi connectivity index (χ0) is 13.8. The molecule has 0 aliphatic rings. The van der Waals surface area contributed by atoms with Gasteiger partial charge in [0.05, 0.1) is 11.3 Å². The van der Waals surface area contributed by atoms with E-state index >= 15 is 0 Å². The van der Waals surface area contributed by atoms with Crippen LogP contribution >= 0.6 is 22.9 Å². The molecule has 19 heavy (non-hydrogen) atoms. The van der Waals surface area contributed by atoms with Gasteiger partial charge >= 0.3 is 0 Å². The predicted molar refractivity (Wildman–Crippen MR) is 77.1 cm³/mol. The molecule has 1 aromatic heterocycles. The van der Waals surface area contributed by atoms with E-state index in [1.807, 2.05) is 17.5 Å². The molecular formula is C13H11ClN2O2S. The molecule has 0 aliphatic carbocycles. The first-order valence-corrected chi connectivity index (χ1v) is 6.70. The van der Waals surface area contributed by atoms with E-state index in [1.165, 1.54) is 29.5 Å². The van der Waals surface area contributed by atoms with E-state index in [0.717, 1.165) is 4.88 Å². The lowest BCUT2D eigenvalue weighted by molar-refractivity contribution is 0.0952. The number of aromatic hydroxyl groups is 1. The molecule has 0 unspecified atom stereocenters. The van der Waals surface area contributed by atoms with Crippen LogP contribution < -0.4 is 5.43 Å². The van der Waals surface area contributed by atoms with Crippen molar-refractivity contribution in [1.82, 2.24) is 5.43 Å². The van der Waals surface area contributed by atoms with Crippen LogP contribution in [0.5, 0.6) is 5.75 Å². The maximum Gasteiger partial charge on any atom is 0.275 e. The van der Waals surface area contributed by atoms with Crippen molar-refractivity contribution in [2.75, 3.05) is 0 Å². The van der Waals surface area contributed by atoms with Gasteiger partial charge in [-0.1, -0.05) is 17.7 Å². The quantitative estimate of drug-likeness (QED) is 0.674. The lowest BCUT2D eigenvalue weighted by Crippen LogP contribution is -2.19. The monoisotopic (exact) mass is 294 g/mol. The van der Waals surface area contributed by atoms with Crippen molar-refractivity contribution in [3.63, 3.8) is 0 Å². The van der Waals surface area contributed by atoms with Gasteiger partial charge in [0.25, 0.3) is 5.91 Å². The molecule has 0 radical (unpaired) electrons. The van der Waals surface area contributed by atoms with Crippen LogP contribution in [0.3, 0.4) is 0 Å². The number of amides is 1. The lowest BCUT2D eigenvalue weighted by Gasteiger charge is -2.04. The van der Waals surface area contributed by atoms with Crippen LogP contribution in [0.2, 0.25) is 5.02 Å². The minimum atomic E-state index is -0.504. The number of rotatable bonds is 3. The summed E-state index contributed by atoms with van der Waals surface area (Å²) in [6, 6.07) is 8.08. The van der Waals surface area contributed by atoms with Crippen molar-refractivity contribution < 1.29 is 9.90 Å². The molecule has 0 fully saturated rings. The van der Waals surface area contributed by atoms with Crippen LogP contribution in [0.15, 0.2) is 40.8 Å². The Hall–Kier alpha value is -1.85. The summed E-state index contributed by atoms with van der Waals surface area (Å²) in [6.45, 7) is 1.80. The van der Waals surface area contributed by atoms with Crippen LogP contribution in [0.1, 0.15) is 22.2 Å². The Labute approximate surface area is 119 Å². The van der Waals surface area contributed by atoms with Crippen LogP contribution in [-0.2, 0) is 0 Å². The Morgan fingerprint density at radius 3 is 2.89 bits per heavy atom. The topological polar surface area (TPSA) is 61.7 Å². The number of nitrogens with one attached hydrogen (secondary N) is 1. The highest BCUT2D eigenvalue weighted by Gasteiger charge is 2.11. The molecule has 0 spiro atoms. The largest absolute Gasteiger partial charge is 0.507 e. The summed E-state index contributed by atoms with van der Waals surface area (Å²) in [5.41, 5.74) is 3.18. The Morgan fingerprint density at radius 2 is 2.21 bits per heavy atom. The second-order valence-corrected chi connectivity index (χ2v) is 5.16. The van der Waals surface area contributed by atoms with Gasteiger partial charge in [0, 0.05) is 9.90 Å². The molecule has 6 heteroatoms. The second kappa shape index (κ2) is 5.86. The van der Waals surface area contributed by atoms with E-state index < -0.39 is 5.91 Å². The van der Waals surface area contributed by atoms with Crippen molar-refractivity contribution in [2.24, 2.45) is 5.10 Å². The molecule has 4 nitrogen and oxygen atoms in total. The molecule has 2 rings (SSSR count). The number of hydrogen-bond donors (Lipinski definition) is 2. The van der Waals surface area contributed by atoms with E-state index in [9.17, 15) is 9.90 Å². The van der Waals surface area contributed by atoms with Crippen LogP contribution in [-0.4, -0.2) is 16.7 Å². The van der Waals surface area contributed by atoms with Crippen molar-refractivity contribution in [2.45, 2.75) is 6.92 Å². The molecule has 0 atom stereocenters. The number of benzene rings is 1. The van der Waals surface area contributed by atoms with Crippen LogP contribution in [0, 0.1) is 0 Å². The van der Waals surface area contributed by atoms with Crippen molar-refractivity contribution in [3.8, 4) is 5.75 Å². The molecule has 0 saturated carbocycles. The van der Waals surface area contributed by atoms with Gasteiger partial charge < -0.3 is 5.11 Å². The summed E-state index contributed by atoms with van der Waals surface area (Å²) in [5.74, 6) is -0.637. The Kier molecular flexibility index (Phi) is 4.19. The average molecular weight is 295 g/mol. The molecule has 98 valence electrons. The Bertz CT molecular complexity index is 624. The predicted octanol–water partition coefficient (Wildman–Crippen LogP) is 3.26. The fourth-order valence-corrected chi connectivity index (χ4v) is 2.27. The Morgan fingerprint density at radius 1 is 1.42 bits per heavy atom. The van der Waals surface area contributed by atoms with Gasteiger partial charge in [0.1, 0.15) is 5.75 Å². The highest BCUT2D eigenvalue weighted by molar-refractivity contribution is 7.12. The number of hydrazone groups is 1. The number of carbonyl (C=O) groups excluding carboxylic acids is 1. The van der Waals surface area contributed by atoms with Crippen LogP contribution in [0.25, 0.3) is 0 Å². The van der Waals surface area contributed by atoms with Gasteiger partial charge in [-0.3, -0.25) is 4.79 Å². The number of thiophene rings is 1. The number of phenols is 1. The summed E-state index contributed by atoms with van der Waals surface area (Å²) in [7, 11) is 0. The van der Waals surface area contributed by atoms with Crippen LogP contribution in [0.4, 0.5) is 0 Å². The van der Waals surface area contributed by atoms with Gasteiger partial charge in [-0.15, -0.1) is 11.3 Å². The van der Waals surface area contributed by atoms with E-state index in [1.54, 1.807) is 6.92 Å². The third-order valence-electron chi connectivity index (χ3n) is 2.41. The second-order valence-electron chi connectivity index (χ2n) is 3.78. The molecule has 0 aliphatic heterocycles. The zero-order valence-corrected chi connectivity index (χ0v) is 11.6. The molecule has 2 aromatic rings. The summed E-state index contributed by atoms with van der Waals surface area (Å²) in [4.78, 5) is 12.8. The SMILES string of the molecule is CC(=NNC(=O)c1cc(Cl)ccc1O)c1cccs1. The lowest BCUT2D eigenvalue weighted by atomic mass is 10.2. The van der Waals surface area contributed by atoms with Gasteiger partial charge in [-0.2, -0.15) is 5.10 Å². The first-order chi connectivity index (χ1) is 9.08. The number of carbonyl (C=O) groups is 1. The first-order valence-electron chi connectivity index (χ1n) is 5.45. The van der Waals surface area contributed by atoms with Crippen molar-refractivity contribution >= 4 is 34.6 Å². The molecule has 0 bridgehead atoms. The van der Waals surface area contributed by atoms with Gasteiger partial charge in [0.15, 0.2) is 0 Å². The van der Waals surface area contributed by atoms with E-state index in [-0.39, 0.29) is 11.3 Å². The highest BCUT2D eigenvalue weighted by Crippen LogP contribution is 2.21. The summed E-state index contributed by atoms with van der Waals surface area (Å²) in [6.07, 6.45) is 0. The first kappa shape index (κ1) is 13.6. The van der Waals surface area contributed by atoms with Crippen molar-refractivity contribution in [3.05, 3.63) is 51.2 Å². The fraction of sp³-hybridized carbons (Fsp3) is 0.0769. The van der Waals surface area contributed by atoms with E-state index in [4.69, 9.17) is 11.6 Å². The fourth-order valence-electron chi connectivity index (χ4n) is 1.42. The average Bonchev–Trinajstić information content (AvgIpc) is 2.92. The summed E-state index contributed by atoms with van der Waals surface area (Å²) < 4.78 is 0. The summed E-state index contributed by atoms with van der Waals surface area (Å²) in [5, 5.41) is 15.9. The minimum absolute atomic E-state index is 0.0928. The molecule has 0 saturated heterocycles. The number of phenolic OH excluding ortho intramolecular Hbond substituents is 1.